The summed E-state index contributed by atoms with van der Waals surface area (Å²) in [4.78, 5) is 17.7. The number of rotatable bonds is 5. The van der Waals surface area contributed by atoms with Crippen LogP contribution in [0.25, 0.3) is 0 Å². The third kappa shape index (κ3) is 3.71. The monoisotopic (exact) mass is 183 g/mol. The predicted octanol–water partition coefficient (Wildman–Crippen LogP) is 0.0624. The van der Waals surface area contributed by atoms with Gasteiger partial charge < -0.3 is 15.0 Å². The molecule has 0 unspecified atom stereocenters. The fraction of sp³-hybridized carbons (Fsp3) is 0.500. The van der Waals surface area contributed by atoms with E-state index >= 15 is 0 Å². The topological polar surface area (TPSA) is 67.0 Å². The Hall–Kier alpha value is -1.36. The maximum absolute atomic E-state index is 11.0. The van der Waals surface area contributed by atoms with Gasteiger partial charge in [0.15, 0.2) is 0 Å². The molecule has 1 aromatic rings. The van der Waals surface area contributed by atoms with Crippen LogP contribution in [-0.2, 0) is 16.1 Å². The summed E-state index contributed by atoms with van der Waals surface area (Å²) in [7, 11) is 0. The third-order valence-electron chi connectivity index (χ3n) is 1.47. The number of imidazole rings is 1. The van der Waals surface area contributed by atoms with Gasteiger partial charge >= 0.3 is 0 Å². The maximum atomic E-state index is 11.0. The van der Waals surface area contributed by atoms with Crippen molar-refractivity contribution >= 4 is 5.91 Å². The van der Waals surface area contributed by atoms with Crippen molar-refractivity contribution in [3.63, 3.8) is 0 Å². The third-order valence-corrected chi connectivity index (χ3v) is 1.47. The average molecular weight is 183 g/mol. The highest BCUT2D eigenvalue weighted by Gasteiger charge is 2.00. The van der Waals surface area contributed by atoms with Gasteiger partial charge in [0, 0.05) is 12.8 Å². The first-order valence-electron chi connectivity index (χ1n) is 4.14. The zero-order valence-corrected chi connectivity index (χ0v) is 7.54. The Kier molecular flexibility index (Phi) is 3.98. The summed E-state index contributed by atoms with van der Waals surface area (Å²) in [5.41, 5.74) is 0.879. The molecule has 0 bridgehead atoms. The average Bonchev–Trinajstić information content (AvgIpc) is 2.64. The molecule has 72 valence electrons. The largest absolute Gasteiger partial charge is 0.372 e. The van der Waals surface area contributed by atoms with Crippen LogP contribution >= 0.6 is 0 Å². The number of nitrogens with zero attached hydrogens (tertiary/aromatic N) is 1. The SMILES string of the molecule is CCOCC(=O)NCc1cnc[nH]1. The summed E-state index contributed by atoms with van der Waals surface area (Å²) in [6, 6.07) is 0. The molecule has 0 spiro atoms. The second kappa shape index (κ2) is 5.31. The van der Waals surface area contributed by atoms with E-state index in [0.717, 1.165) is 5.69 Å². The Labute approximate surface area is 76.5 Å². The Morgan fingerprint density at radius 3 is 3.23 bits per heavy atom. The summed E-state index contributed by atoms with van der Waals surface area (Å²) in [6.45, 7) is 2.98. The number of H-pyrrole nitrogens is 1. The van der Waals surface area contributed by atoms with Crippen molar-refractivity contribution < 1.29 is 9.53 Å². The highest BCUT2D eigenvalue weighted by Crippen LogP contribution is 1.88. The molecular weight excluding hydrogens is 170 g/mol. The van der Waals surface area contributed by atoms with E-state index in [4.69, 9.17) is 4.74 Å². The van der Waals surface area contributed by atoms with E-state index in [1.807, 2.05) is 6.92 Å². The first kappa shape index (κ1) is 9.73. The first-order valence-corrected chi connectivity index (χ1v) is 4.14. The molecule has 5 nitrogen and oxygen atoms in total. The number of hydrogen-bond donors (Lipinski definition) is 2. The van der Waals surface area contributed by atoms with Crippen LogP contribution in [0.2, 0.25) is 0 Å². The summed E-state index contributed by atoms with van der Waals surface area (Å²) in [6.07, 6.45) is 3.24. The molecule has 0 saturated carbocycles. The number of ether oxygens (including phenoxy) is 1. The molecule has 0 aliphatic heterocycles. The van der Waals surface area contributed by atoms with Gasteiger partial charge in [-0.2, -0.15) is 0 Å². The summed E-state index contributed by atoms with van der Waals surface area (Å²) in [5.74, 6) is -0.114. The first-order chi connectivity index (χ1) is 6.33. The molecule has 5 heteroatoms. The number of carbonyl (C=O) groups is 1. The molecule has 0 aliphatic rings. The van der Waals surface area contributed by atoms with Gasteiger partial charge in [0.1, 0.15) is 6.61 Å². The Morgan fingerprint density at radius 2 is 2.62 bits per heavy atom. The van der Waals surface area contributed by atoms with E-state index in [2.05, 4.69) is 15.3 Å². The lowest BCUT2D eigenvalue weighted by Gasteiger charge is -2.02. The predicted molar refractivity (Wildman–Crippen MR) is 46.9 cm³/mol. The molecule has 1 amide bonds. The van der Waals surface area contributed by atoms with Gasteiger partial charge in [-0.25, -0.2) is 4.98 Å². The summed E-state index contributed by atoms with van der Waals surface area (Å²) < 4.78 is 4.93. The van der Waals surface area contributed by atoms with Crippen LogP contribution in [0.15, 0.2) is 12.5 Å². The van der Waals surface area contributed by atoms with Gasteiger partial charge in [-0.15, -0.1) is 0 Å². The molecule has 0 aliphatic carbocycles. The fourth-order valence-corrected chi connectivity index (χ4v) is 0.821. The van der Waals surface area contributed by atoms with Gasteiger partial charge in [0.05, 0.1) is 18.6 Å². The quantitative estimate of drug-likeness (QED) is 0.678. The van der Waals surface area contributed by atoms with Crippen LogP contribution in [0.5, 0.6) is 0 Å². The Balaban J connectivity index is 2.15. The highest BCUT2D eigenvalue weighted by molar-refractivity contribution is 5.77. The maximum Gasteiger partial charge on any atom is 0.246 e. The lowest BCUT2D eigenvalue weighted by Crippen LogP contribution is -2.27. The van der Waals surface area contributed by atoms with Crippen LogP contribution in [0.3, 0.4) is 0 Å². The van der Waals surface area contributed by atoms with E-state index < -0.39 is 0 Å². The van der Waals surface area contributed by atoms with Gasteiger partial charge in [-0.05, 0) is 6.92 Å². The number of nitrogens with one attached hydrogen (secondary N) is 2. The van der Waals surface area contributed by atoms with E-state index in [-0.39, 0.29) is 12.5 Å². The molecule has 1 heterocycles. The number of carbonyl (C=O) groups excluding carboxylic acids is 1. The molecule has 1 aromatic heterocycles. The van der Waals surface area contributed by atoms with E-state index in [1.54, 1.807) is 12.5 Å². The number of aromatic nitrogens is 2. The molecule has 2 N–H and O–H groups in total. The van der Waals surface area contributed by atoms with Crippen LogP contribution in [0.1, 0.15) is 12.6 Å². The molecule has 1 rings (SSSR count). The minimum Gasteiger partial charge on any atom is -0.372 e. The lowest BCUT2D eigenvalue weighted by molar-refractivity contribution is -0.125. The van der Waals surface area contributed by atoms with Crippen LogP contribution in [0.4, 0.5) is 0 Å². The second-order valence-electron chi connectivity index (χ2n) is 2.49. The molecule has 0 radical (unpaired) electrons. The summed E-state index contributed by atoms with van der Waals surface area (Å²) >= 11 is 0. The smallest absolute Gasteiger partial charge is 0.246 e. The minimum atomic E-state index is -0.114. The molecule has 0 aromatic carbocycles. The minimum absolute atomic E-state index is 0.114. The lowest BCUT2D eigenvalue weighted by atomic mass is 10.4. The van der Waals surface area contributed by atoms with E-state index in [0.29, 0.717) is 13.2 Å². The Bertz CT molecular complexity index is 246. The van der Waals surface area contributed by atoms with Crippen molar-refractivity contribution in [2.45, 2.75) is 13.5 Å². The van der Waals surface area contributed by atoms with Gasteiger partial charge in [0.2, 0.25) is 5.91 Å². The highest BCUT2D eigenvalue weighted by atomic mass is 16.5. The van der Waals surface area contributed by atoms with Gasteiger partial charge in [0.25, 0.3) is 0 Å². The zero-order chi connectivity index (χ0) is 9.52. The number of amides is 1. The van der Waals surface area contributed by atoms with Crippen molar-refractivity contribution in [2.75, 3.05) is 13.2 Å². The number of aromatic amines is 1. The Morgan fingerprint density at radius 1 is 1.77 bits per heavy atom. The molecule has 0 saturated heterocycles. The normalized spacial score (nSPS) is 9.92. The van der Waals surface area contributed by atoms with Crippen molar-refractivity contribution in [2.24, 2.45) is 0 Å². The standard InChI is InChI=1S/C8H13N3O2/c1-2-13-5-8(12)10-4-7-3-9-6-11-7/h3,6H,2,4-5H2,1H3,(H,9,11)(H,10,12). The van der Waals surface area contributed by atoms with E-state index in [1.165, 1.54) is 0 Å². The van der Waals surface area contributed by atoms with Crippen molar-refractivity contribution in [3.8, 4) is 0 Å². The van der Waals surface area contributed by atoms with Crippen LogP contribution in [-0.4, -0.2) is 29.1 Å². The van der Waals surface area contributed by atoms with E-state index in [9.17, 15) is 4.79 Å². The molecule has 13 heavy (non-hydrogen) atoms. The summed E-state index contributed by atoms with van der Waals surface area (Å²) in [5, 5.41) is 2.68. The van der Waals surface area contributed by atoms with Crippen molar-refractivity contribution in [1.29, 1.82) is 0 Å². The zero-order valence-electron chi connectivity index (χ0n) is 7.54. The number of hydrogen-bond acceptors (Lipinski definition) is 3. The van der Waals surface area contributed by atoms with Crippen molar-refractivity contribution in [1.82, 2.24) is 15.3 Å². The van der Waals surface area contributed by atoms with Crippen molar-refractivity contribution in [3.05, 3.63) is 18.2 Å². The molecule has 0 atom stereocenters. The fourth-order valence-electron chi connectivity index (χ4n) is 0.821. The van der Waals surface area contributed by atoms with Crippen LogP contribution in [0, 0.1) is 0 Å². The molecule has 0 fully saturated rings. The van der Waals surface area contributed by atoms with Gasteiger partial charge in [-0.3, -0.25) is 4.79 Å². The van der Waals surface area contributed by atoms with Crippen LogP contribution < -0.4 is 5.32 Å². The van der Waals surface area contributed by atoms with Gasteiger partial charge in [-0.1, -0.05) is 0 Å². The second-order valence-corrected chi connectivity index (χ2v) is 2.49. The molecular formula is C8H13N3O2.